The van der Waals surface area contributed by atoms with E-state index in [4.69, 9.17) is 26.8 Å². The fraction of sp³-hybridized carbons (Fsp3) is 0.417. The van der Waals surface area contributed by atoms with Gasteiger partial charge >= 0.3 is 5.97 Å². The lowest BCUT2D eigenvalue weighted by Crippen LogP contribution is -2.49. The maximum Gasteiger partial charge on any atom is 0.326 e. The summed E-state index contributed by atoms with van der Waals surface area (Å²) < 4.78 is 27.3. The lowest BCUT2D eigenvalue weighted by atomic mass is 10.1. The molecule has 0 fully saturated rings. The van der Waals surface area contributed by atoms with E-state index in [1.54, 1.807) is 62.9 Å². The molecule has 37 heavy (non-hydrogen) atoms. The Morgan fingerprint density at radius 3 is 2.54 bits per heavy atom. The van der Waals surface area contributed by atoms with E-state index in [2.05, 4.69) is 31.7 Å². The smallest absolute Gasteiger partial charge is 0.326 e. The van der Waals surface area contributed by atoms with E-state index in [9.17, 15) is 9.36 Å². The van der Waals surface area contributed by atoms with Crippen LogP contribution in [-0.2, 0) is 25.4 Å². The highest BCUT2D eigenvalue weighted by Gasteiger charge is 2.38. The van der Waals surface area contributed by atoms with Gasteiger partial charge in [-0.2, -0.15) is 0 Å². The third kappa shape index (κ3) is 7.52. The number of rotatable bonds is 12. The number of benzene rings is 1. The number of ether oxygens (including phenoxy) is 2. The monoisotopic (exact) mass is 549 g/mol. The second-order valence-corrected chi connectivity index (χ2v) is 12.1. The first-order valence-corrected chi connectivity index (χ1v) is 13.9. The van der Waals surface area contributed by atoms with Gasteiger partial charge in [0, 0.05) is 10.7 Å². The molecule has 0 amide bonds. The van der Waals surface area contributed by atoms with E-state index in [0.717, 1.165) is 0 Å². The molecular formula is C24H33ClN7O4P. The molecule has 200 valence electrons. The summed E-state index contributed by atoms with van der Waals surface area (Å²) >= 11 is 5.99. The molecule has 0 aliphatic rings. The topological polar surface area (TPSA) is 146 Å². The number of hydrogen-bond donors (Lipinski definition) is 3. The van der Waals surface area contributed by atoms with Crippen molar-refractivity contribution in [1.82, 2.24) is 29.7 Å². The van der Waals surface area contributed by atoms with E-state index in [0.29, 0.717) is 34.0 Å². The van der Waals surface area contributed by atoms with Crippen LogP contribution in [0.4, 0.5) is 5.82 Å². The van der Waals surface area contributed by atoms with E-state index >= 15 is 0 Å². The Balaban J connectivity index is 1.77. The van der Waals surface area contributed by atoms with Crippen LogP contribution in [-0.4, -0.2) is 49.6 Å². The van der Waals surface area contributed by atoms with Crippen LogP contribution in [0.1, 0.15) is 40.2 Å². The third-order valence-corrected chi connectivity index (χ3v) is 7.56. The van der Waals surface area contributed by atoms with Crippen LogP contribution < -0.4 is 15.9 Å². The molecule has 0 saturated heterocycles. The molecular weight excluding hydrogens is 517 g/mol. The van der Waals surface area contributed by atoms with Gasteiger partial charge in [0.1, 0.15) is 23.7 Å². The van der Waals surface area contributed by atoms with Gasteiger partial charge in [-0.05, 0) is 52.3 Å². The van der Waals surface area contributed by atoms with Crippen molar-refractivity contribution in [1.29, 1.82) is 0 Å². The van der Waals surface area contributed by atoms with Gasteiger partial charge in [-0.25, -0.2) is 20.0 Å². The predicted octanol–water partition coefficient (Wildman–Crippen LogP) is 4.20. The number of nitrogens with two attached hydrogens (primary N) is 1. The van der Waals surface area contributed by atoms with Crippen LogP contribution in [0.25, 0.3) is 16.9 Å². The van der Waals surface area contributed by atoms with Crippen LogP contribution in [0, 0.1) is 0 Å². The van der Waals surface area contributed by atoms with Crippen molar-refractivity contribution in [3.8, 4) is 0 Å². The fourth-order valence-electron chi connectivity index (χ4n) is 3.48. The van der Waals surface area contributed by atoms with Gasteiger partial charge in [0.05, 0.1) is 25.1 Å². The number of fused-ring (bicyclic) bond motifs is 1. The number of anilines is 1. The minimum absolute atomic E-state index is 0.247. The highest BCUT2D eigenvalue weighted by molar-refractivity contribution is 7.60. The summed E-state index contributed by atoms with van der Waals surface area (Å²) in [5, 5.41) is 6.46. The van der Waals surface area contributed by atoms with Crippen molar-refractivity contribution in [2.45, 2.75) is 58.9 Å². The van der Waals surface area contributed by atoms with Gasteiger partial charge in [-0.1, -0.05) is 30.3 Å². The number of carbonyl (C=O) groups is 1. The summed E-state index contributed by atoms with van der Waals surface area (Å²) in [5.41, 5.74) is 6.71. The molecule has 0 spiro atoms. The number of nitrogen functional groups attached to an aromatic ring is 1. The first-order chi connectivity index (χ1) is 17.3. The zero-order chi connectivity index (χ0) is 27.4. The molecule has 3 aromatic rings. The van der Waals surface area contributed by atoms with Crippen LogP contribution in [0.15, 0.2) is 43.5 Å². The normalized spacial score (nSPS) is 14.4. The van der Waals surface area contributed by atoms with Crippen LogP contribution in [0.3, 0.4) is 0 Å². The van der Waals surface area contributed by atoms with E-state index in [1.807, 2.05) is 6.92 Å². The van der Waals surface area contributed by atoms with Crippen LogP contribution in [0.5, 0.6) is 0 Å². The number of carbonyl (C=O) groups excluding carboxylic acids is 1. The quantitative estimate of drug-likeness (QED) is 0.222. The molecule has 0 unspecified atom stereocenters. The van der Waals surface area contributed by atoms with E-state index in [1.165, 1.54) is 6.33 Å². The van der Waals surface area contributed by atoms with Gasteiger partial charge in [0.2, 0.25) is 0 Å². The van der Waals surface area contributed by atoms with Crippen LogP contribution in [0.2, 0.25) is 5.02 Å². The van der Waals surface area contributed by atoms with Crippen molar-refractivity contribution >= 4 is 47.7 Å². The lowest BCUT2D eigenvalue weighted by molar-refractivity contribution is -0.153. The summed E-state index contributed by atoms with van der Waals surface area (Å²) in [6.45, 7) is 12.9. The Hall–Kier alpha value is -2.98. The predicted molar refractivity (Wildman–Crippen MR) is 145 cm³/mol. The number of nitrogens with zero attached hydrogens (tertiary/aromatic N) is 4. The fourth-order valence-corrected chi connectivity index (χ4v) is 5.81. The number of hydrogen-bond acceptors (Lipinski definition) is 8. The minimum Gasteiger partial charge on any atom is -0.462 e. The molecule has 0 saturated carbocycles. The van der Waals surface area contributed by atoms with Crippen molar-refractivity contribution in [2.75, 3.05) is 12.1 Å². The summed E-state index contributed by atoms with van der Waals surface area (Å²) in [4.78, 5) is 25.1. The Kier molecular flexibility index (Phi) is 8.96. The Morgan fingerprint density at radius 1 is 1.22 bits per heavy atom. The maximum atomic E-state index is 14.1. The average Bonchev–Trinajstić information content (AvgIpc) is 3.21. The van der Waals surface area contributed by atoms with E-state index < -0.39 is 25.1 Å². The molecule has 11 nitrogen and oxygen atoms in total. The molecule has 2 aromatic heterocycles. The second kappa shape index (κ2) is 11.6. The van der Waals surface area contributed by atoms with Gasteiger partial charge in [-0.15, -0.1) is 0 Å². The average molecular weight is 550 g/mol. The van der Waals surface area contributed by atoms with Crippen LogP contribution >= 0.6 is 19.0 Å². The third-order valence-electron chi connectivity index (χ3n) is 5.25. The largest absolute Gasteiger partial charge is 0.462 e. The van der Waals surface area contributed by atoms with Crippen molar-refractivity contribution in [3.05, 3.63) is 54.1 Å². The van der Waals surface area contributed by atoms with Gasteiger partial charge in [0.15, 0.2) is 11.5 Å². The van der Waals surface area contributed by atoms with Gasteiger partial charge in [0.25, 0.3) is 7.44 Å². The molecule has 0 radical (unpaired) electrons. The lowest BCUT2D eigenvalue weighted by Gasteiger charge is -2.32. The molecule has 0 aliphatic carbocycles. The van der Waals surface area contributed by atoms with Crippen molar-refractivity contribution in [2.24, 2.45) is 0 Å². The molecule has 0 bridgehead atoms. The van der Waals surface area contributed by atoms with Gasteiger partial charge in [-0.3, -0.25) is 9.36 Å². The standard InChI is InChI=1S/C24H33ClN7O4P/c1-15(2)36-23(33)24(5,6)31-37(34,30-17(4)18-7-9-19(25)10-8-18)14-35-16(3)11-32-13-29-20-21(26)27-12-28-22(20)32/h7-10,12-13,15-16H,4,11,14H2,1-3,5-6H3,(H2,26,27,28)(H2,30,31,34)/t16-,37+/m1/s1. The SMILES string of the molecule is C=C(N[P@@](=O)(CO[C@H](C)Cn1cnc2c(N)ncnc21)NC(C)(C)C(=O)OC(C)C)c1ccc(Cl)cc1. The Morgan fingerprint density at radius 2 is 1.89 bits per heavy atom. The molecule has 0 aliphatic heterocycles. The highest BCUT2D eigenvalue weighted by atomic mass is 35.5. The molecule has 13 heteroatoms. The molecule has 1 aromatic carbocycles. The summed E-state index contributed by atoms with van der Waals surface area (Å²) in [6, 6.07) is 6.91. The Labute approximate surface area is 221 Å². The zero-order valence-corrected chi connectivity index (χ0v) is 23.2. The summed E-state index contributed by atoms with van der Waals surface area (Å²) in [5.74, 6) is -0.261. The number of esters is 1. The molecule has 2 heterocycles. The van der Waals surface area contributed by atoms with Crippen molar-refractivity contribution in [3.63, 3.8) is 0 Å². The summed E-state index contributed by atoms with van der Waals surface area (Å²) in [6.07, 6.45) is 1.98. The van der Waals surface area contributed by atoms with Crippen molar-refractivity contribution < 1.29 is 18.8 Å². The number of aromatic nitrogens is 4. The van der Waals surface area contributed by atoms with E-state index in [-0.39, 0.29) is 18.3 Å². The van der Waals surface area contributed by atoms with Gasteiger partial charge < -0.3 is 24.9 Å². The first kappa shape index (κ1) is 28.6. The first-order valence-electron chi connectivity index (χ1n) is 11.7. The number of nitrogens with one attached hydrogen (secondary N) is 2. The molecule has 3 rings (SSSR count). The minimum atomic E-state index is -3.60. The summed E-state index contributed by atoms with van der Waals surface area (Å²) in [7, 11) is -3.60. The highest BCUT2D eigenvalue weighted by Crippen LogP contribution is 2.42. The zero-order valence-electron chi connectivity index (χ0n) is 21.6. The Bertz CT molecular complexity index is 1310. The molecule has 2 atom stereocenters. The second-order valence-electron chi connectivity index (χ2n) is 9.46. The maximum absolute atomic E-state index is 14.1. The number of imidazole rings is 1. The number of halogens is 1. The molecule has 4 N–H and O–H groups in total.